The van der Waals surface area contributed by atoms with Gasteiger partial charge in [-0.15, -0.1) is 0 Å². The molecule has 3 nitrogen and oxygen atoms in total. The highest BCUT2D eigenvalue weighted by Gasteiger charge is 2.30. The van der Waals surface area contributed by atoms with Gasteiger partial charge in [-0.3, -0.25) is 0 Å². The summed E-state index contributed by atoms with van der Waals surface area (Å²) in [5.41, 5.74) is 7.44. The summed E-state index contributed by atoms with van der Waals surface area (Å²) in [6, 6.07) is 10.9. The van der Waals surface area contributed by atoms with E-state index in [-0.39, 0.29) is 0 Å². The molecular weight excluding hydrogens is 324 g/mol. The fraction of sp³-hybridized carbons (Fsp3) is 0.478. The molecule has 0 radical (unpaired) electrons. The molecule has 1 heterocycles. The molecule has 0 spiro atoms. The molecule has 2 aromatic rings. The predicted octanol–water partition coefficient (Wildman–Crippen LogP) is 4.38. The van der Waals surface area contributed by atoms with Crippen molar-refractivity contribution in [2.45, 2.75) is 51.6 Å². The number of aliphatic hydroxyl groups is 1. The second kappa shape index (κ2) is 7.05. The third-order valence-corrected chi connectivity index (χ3v) is 5.85. The Kier molecular flexibility index (Phi) is 4.76. The third-order valence-electron chi connectivity index (χ3n) is 5.85. The van der Waals surface area contributed by atoms with Gasteiger partial charge in [0.2, 0.25) is 0 Å². The zero-order valence-corrected chi connectivity index (χ0v) is 15.8. The summed E-state index contributed by atoms with van der Waals surface area (Å²) >= 11 is 0. The Morgan fingerprint density at radius 3 is 2.54 bits per heavy atom. The second-order valence-corrected chi connectivity index (χ2v) is 7.85. The summed E-state index contributed by atoms with van der Waals surface area (Å²) in [4.78, 5) is 0. The molecule has 0 saturated carbocycles. The van der Waals surface area contributed by atoms with Gasteiger partial charge < -0.3 is 14.6 Å². The number of fused-ring (bicyclic) bond motifs is 1. The van der Waals surface area contributed by atoms with Gasteiger partial charge in [-0.1, -0.05) is 18.2 Å². The lowest BCUT2D eigenvalue weighted by Crippen LogP contribution is -2.41. The van der Waals surface area contributed by atoms with Crippen molar-refractivity contribution in [3.8, 4) is 16.9 Å². The average Bonchev–Trinajstić information content (AvgIpc) is 3.10. The van der Waals surface area contributed by atoms with E-state index in [0.29, 0.717) is 32.7 Å². The van der Waals surface area contributed by atoms with E-state index in [2.05, 4.69) is 44.2 Å². The molecule has 0 amide bonds. The second-order valence-electron chi connectivity index (χ2n) is 7.85. The summed E-state index contributed by atoms with van der Waals surface area (Å²) in [5.74, 6) is 0.844. The number of rotatable bonds is 4. The molecule has 1 fully saturated rings. The molecule has 4 rings (SSSR count). The lowest BCUT2D eigenvalue weighted by molar-refractivity contribution is -0.0855. The van der Waals surface area contributed by atoms with Gasteiger partial charge >= 0.3 is 0 Å². The Bertz CT molecular complexity index is 780. The molecule has 0 aromatic heterocycles. The lowest BCUT2D eigenvalue weighted by Gasteiger charge is -2.31. The molecule has 0 atom stereocenters. The van der Waals surface area contributed by atoms with Crippen LogP contribution in [0.1, 0.15) is 41.5 Å². The van der Waals surface area contributed by atoms with Gasteiger partial charge in [-0.25, -0.2) is 0 Å². The maximum Gasteiger partial charge on any atom is 0.120 e. The molecule has 0 unspecified atom stereocenters. The van der Waals surface area contributed by atoms with Crippen LogP contribution >= 0.6 is 0 Å². The van der Waals surface area contributed by atoms with Crippen molar-refractivity contribution < 1.29 is 14.6 Å². The van der Waals surface area contributed by atoms with Crippen LogP contribution < -0.4 is 4.74 Å². The third kappa shape index (κ3) is 3.38. The van der Waals surface area contributed by atoms with Crippen molar-refractivity contribution in [3.05, 3.63) is 52.6 Å². The van der Waals surface area contributed by atoms with Crippen LogP contribution in [0.2, 0.25) is 0 Å². The number of aryl methyl sites for hydroxylation is 3. The molecule has 2 aromatic carbocycles. The Balaban J connectivity index is 1.59. The summed E-state index contributed by atoms with van der Waals surface area (Å²) in [6.45, 7) is 5.86. The minimum Gasteiger partial charge on any atom is -0.491 e. The Hall–Kier alpha value is -1.84. The quantitative estimate of drug-likeness (QED) is 0.887. The smallest absolute Gasteiger partial charge is 0.120 e. The van der Waals surface area contributed by atoms with E-state index < -0.39 is 5.60 Å². The zero-order chi connectivity index (χ0) is 18.1. The number of benzene rings is 2. The normalized spacial score (nSPS) is 18.6. The van der Waals surface area contributed by atoms with Gasteiger partial charge in [0.1, 0.15) is 18.0 Å². The molecule has 1 N–H and O–H groups in total. The first-order chi connectivity index (χ1) is 12.6. The highest BCUT2D eigenvalue weighted by molar-refractivity contribution is 5.76. The molecule has 26 heavy (non-hydrogen) atoms. The average molecular weight is 352 g/mol. The highest BCUT2D eigenvalue weighted by atomic mass is 16.5. The first kappa shape index (κ1) is 17.6. The maximum absolute atomic E-state index is 10.6. The zero-order valence-electron chi connectivity index (χ0n) is 15.8. The van der Waals surface area contributed by atoms with E-state index in [1.54, 1.807) is 0 Å². The predicted molar refractivity (Wildman–Crippen MR) is 104 cm³/mol. The van der Waals surface area contributed by atoms with Crippen molar-refractivity contribution >= 4 is 0 Å². The lowest BCUT2D eigenvalue weighted by atomic mass is 9.90. The van der Waals surface area contributed by atoms with E-state index in [1.807, 2.05) is 0 Å². The largest absolute Gasteiger partial charge is 0.491 e. The van der Waals surface area contributed by atoms with Gasteiger partial charge in [0.15, 0.2) is 0 Å². The molecule has 1 aliphatic carbocycles. The Morgan fingerprint density at radius 1 is 1.08 bits per heavy atom. The van der Waals surface area contributed by atoms with E-state index >= 15 is 0 Å². The summed E-state index contributed by atoms with van der Waals surface area (Å²) < 4.78 is 11.3. The highest BCUT2D eigenvalue weighted by Crippen LogP contribution is 2.37. The molecule has 0 bridgehead atoms. The Labute approximate surface area is 156 Å². The van der Waals surface area contributed by atoms with Crippen LogP contribution in [-0.4, -0.2) is 30.5 Å². The first-order valence-corrected chi connectivity index (χ1v) is 9.71. The van der Waals surface area contributed by atoms with E-state index in [0.717, 1.165) is 5.75 Å². The van der Waals surface area contributed by atoms with Crippen molar-refractivity contribution in [2.24, 2.45) is 0 Å². The molecular formula is C23H28O3. The standard InChI is InChI=1S/C23H28O3/c1-16-13-19(26-15-23(24)9-11-25-12-10-23)14-17(2)22(16)21-8-4-6-18-5-3-7-20(18)21/h4,6,8,13-14,24H,3,5,7,9-12,15H2,1-2H3. The van der Waals surface area contributed by atoms with E-state index in [1.165, 1.54) is 52.6 Å². The van der Waals surface area contributed by atoms with Crippen LogP contribution in [0.5, 0.6) is 5.75 Å². The monoisotopic (exact) mass is 352 g/mol. The molecule has 1 saturated heterocycles. The number of hydrogen-bond acceptors (Lipinski definition) is 3. The van der Waals surface area contributed by atoms with Crippen molar-refractivity contribution in [3.63, 3.8) is 0 Å². The van der Waals surface area contributed by atoms with Gasteiger partial charge in [-0.05, 0) is 78.6 Å². The van der Waals surface area contributed by atoms with Gasteiger partial charge in [-0.2, -0.15) is 0 Å². The van der Waals surface area contributed by atoms with Gasteiger partial charge in [0, 0.05) is 26.1 Å². The summed E-state index contributed by atoms with van der Waals surface area (Å²) in [5, 5.41) is 10.6. The first-order valence-electron chi connectivity index (χ1n) is 9.71. The van der Waals surface area contributed by atoms with Crippen LogP contribution in [0.15, 0.2) is 30.3 Å². The molecule has 3 heteroatoms. The summed E-state index contributed by atoms with van der Waals surface area (Å²) in [7, 11) is 0. The molecule has 2 aliphatic rings. The fourth-order valence-corrected chi connectivity index (χ4v) is 4.40. The van der Waals surface area contributed by atoms with Gasteiger partial charge in [0.25, 0.3) is 0 Å². The SMILES string of the molecule is Cc1cc(OCC2(O)CCOCC2)cc(C)c1-c1cccc2c1CCC2. The van der Waals surface area contributed by atoms with Crippen LogP contribution in [-0.2, 0) is 17.6 Å². The van der Waals surface area contributed by atoms with Crippen LogP contribution in [0.3, 0.4) is 0 Å². The van der Waals surface area contributed by atoms with Crippen molar-refractivity contribution in [1.29, 1.82) is 0 Å². The topological polar surface area (TPSA) is 38.7 Å². The minimum atomic E-state index is -0.765. The molecule has 138 valence electrons. The van der Waals surface area contributed by atoms with E-state index in [4.69, 9.17) is 9.47 Å². The maximum atomic E-state index is 10.6. The van der Waals surface area contributed by atoms with Crippen LogP contribution in [0, 0.1) is 13.8 Å². The van der Waals surface area contributed by atoms with E-state index in [9.17, 15) is 5.11 Å². The Morgan fingerprint density at radius 2 is 1.81 bits per heavy atom. The number of ether oxygens (including phenoxy) is 2. The fourth-order valence-electron chi connectivity index (χ4n) is 4.40. The van der Waals surface area contributed by atoms with Gasteiger partial charge in [0.05, 0.1) is 0 Å². The number of hydrogen-bond donors (Lipinski definition) is 1. The van der Waals surface area contributed by atoms with Crippen LogP contribution in [0.25, 0.3) is 11.1 Å². The molecule has 1 aliphatic heterocycles. The van der Waals surface area contributed by atoms with Crippen molar-refractivity contribution in [1.82, 2.24) is 0 Å². The van der Waals surface area contributed by atoms with Crippen LogP contribution in [0.4, 0.5) is 0 Å². The summed E-state index contributed by atoms with van der Waals surface area (Å²) in [6.07, 6.45) is 4.91. The minimum absolute atomic E-state index is 0.329. The van der Waals surface area contributed by atoms with Crippen molar-refractivity contribution in [2.75, 3.05) is 19.8 Å².